The summed E-state index contributed by atoms with van der Waals surface area (Å²) in [6.45, 7) is 4.58. The molecule has 1 unspecified atom stereocenters. The van der Waals surface area contributed by atoms with Gasteiger partial charge in [0.1, 0.15) is 5.67 Å². The molecule has 0 spiro atoms. The van der Waals surface area contributed by atoms with Crippen LogP contribution in [0.1, 0.15) is 25.5 Å². The molecule has 0 aliphatic carbocycles. The second kappa shape index (κ2) is 4.63. The lowest BCUT2D eigenvalue weighted by Gasteiger charge is -2.47. The molecule has 0 bridgehead atoms. The zero-order valence-corrected chi connectivity index (χ0v) is 10.7. The third-order valence-electron chi connectivity index (χ3n) is 4.20. The summed E-state index contributed by atoms with van der Waals surface area (Å²) in [5.74, 6) is 0. The van der Waals surface area contributed by atoms with Crippen LogP contribution < -0.4 is 0 Å². The van der Waals surface area contributed by atoms with Crippen molar-refractivity contribution >= 4 is 0 Å². The fourth-order valence-electron chi connectivity index (χ4n) is 3.14. The highest BCUT2D eigenvalue weighted by Gasteiger charge is 2.42. The Labute approximate surface area is 107 Å². The summed E-state index contributed by atoms with van der Waals surface area (Å²) >= 11 is 0. The fourth-order valence-corrected chi connectivity index (χ4v) is 3.14. The topological polar surface area (TPSA) is 41.2 Å². The highest BCUT2D eigenvalue weighted by molar-refractivity contribution is 5.06. The first-order chi connectivity index (χ1) is 8.66. The number of ether oxygens (including phenoxy) is 1. The number of aromatic amines is 1. The van der Waals surface area contributed by atoms with E-state index in [0.717, 1.165) is 25.5 Å². The van der Waals surface area contributed by atoms with Crippen molar-refractivity contribution in [3.8, 4) is 0 Å². The van der Waals surface area contributed by atoms with Gasteiger partial charge in [-0.1, -0.05) is 0 Å². The monoisotopic (exact) mass is 253 g/mol. The smallest absolute Gasteiger partial charge is 0.119 e. The van der Waals surface area contributed by atoms with E-state index in [4.69, 9.17) is 4.74 Å². The van der Waals surface area contributed by atoms with Crippen molar-refractivity contribution in [2.24, 2.45) is 0 Å². The Morgan fingerprint density at radius 2 is 2.44 bits per heavy atom. The SMILES string of the molecule is C[C@H]1CC(F)(Cc2ccn[nH]2)CCN1C1COC1. The number of alkyl halides is 1. The number of aromatic nitrogens is 2. The largest absolute Gasteiger partial charge is 0.378 e. The van der Waals surface area contributed by atoms with Gasteiger partial charge in [0, 0.05) is 30.9 Å². The summed E-state index contributed by atoms with van der Waals surface area (Å²) in [7, 11) is 0. The fraction of sp³-hybridized carbons (Fsp3) is 0.769. The Morgan fingerprint density at radius 1 is 1.61 bits per heavy atom. The molecule has 1 N–H and O–H groups in total. The van der Waals surface area contributed by atoms with E-state index in [-0.39, 0.29) is 0 Å². The number of rotatable bonds is 3. The molecule has 5 heteroatoms. The Morgan fingerprint density at radius 3 is 3.00 bits per heavy atom. The van der Waals surface area contributed by atoms with E-state index in [2.05, 4.69) is 22.0 Å². The lowest BCUT2D eigenvalue weighted by molar-refractivity contribution is -0.103. The highest BCUT2D eigenvalue weighted by Crippen LogP contribution is 2.35. The number of piperidine rings is 1. The van der Waals surface area contributed by atoms with Crippen LogP contribution in [0, 0.1) is 0 Å². The Balaban J connectivity index is 1.62. The Kier molecular flexibility index (Phi) is 3.11. The molecule has 3 heterocycles. The molecule has 1 aromatic heterocycles. The van der Waals surface area contributed by atoms with E-state index in [1.165, 1.54) is 0 Å². The van der Waals surface area contributed by atoms with Gasteiger partial charge in [-0.2, -0.15) is 5.10 Å². The normalized spacial score (nSPS) is 34.4. The van der Waals surface area contributed by atoms with Gasteiger partial charge in [-0.15, -0.1) is 0 Å². The molecule has 0 saturated carbocycles. The van der Waals surface area contributed by atoms with Crippen LogP contribution >= 0.6 is 0 Å². The minimum atomic E-state index is -1.09. The maximum absolute atomic E-state index is 14.8. The molecule has 2 saturated heterocycles. The number of likely N-dealkylation sites (tertiary alicyclic amines) is 1. The third kappa shape index (κ3) is 2.29. The molecule has 2 atom stereocenters. The van der Waals surface area contributed by atoms with Crippen LogP contribution in [0.15, 0.2) is 12.3 Å². The van der Waals surface area contributed by atoms with E-state index in [9.17, 15) is 4.39 Å². The molecule has 0 aromatic carbocycles. The van der Waals surface area contributed by atoms with Gasteiger partial charge in [0.15, 0.2) is 0 Å². The molecule has 2 aliphatic rings. The summed E-state index contributed by atoms with van der Waals surface area (Å²) < 4.78 is 20.1. The second-order valence-corrected chi connectivity index (χ2v) is 5.64. The van der Waals surface area contributed by atoms with Gasteiger partial charge in [0.05, 0.1) is 19.3 Å². The van der Waals surface area contributed by atoms with Gasteiger partial charge in [-0.25, -0.2) is 4.39 Å². The van der Waals surface area contributed by atoms with Gasteiger partial charge in [0.25, 0.3) is 0 Å². The maximum atomic E-state index is 14.8. The number of nitrogens with zero attached hydrogens (tertiary/aromatic N) is 2. The third-order valence-corrected chi connectivity index (χ3v) is 4.20. The number of hydrogen-bond donors (Lipinski definition) is 1. The Hall–Kier alpha value is -0.940. The van der Waals surface area contributed by atoms with Gasteiger partial charge in [0.2, 0.25) is 0 Å². The molecule has 18 heavy (non-hydrogen) atoms. The number of halogens is 1. The molecular formula is C13H20FN3O. The molecule has 2 aliphatic heterocycles. The van der Waals surface area contributed by atoms with E-state index in [1.54, 1.807) is 6.20 Å². The summed E-state index contributed by atoms with van der Waals surface area (Å²) in [5, 5.41) is 6.74. The lowest BCUT2D eigenvalue weighted by atomic mass is 9.84. The van der Waals surface area contributed by atoms with Crippen LogP contribution in [0.3, 0.4) is 0 Å². The summed E-state index contributed by atoms with van der Waals surface area (Å²) in [6.07, 6.45) is 3.34. The standard InChI is InChI=1S/C13H20FN3O/c1-10-6-13(14,7-11-2-4-15-16-11)3-5-17(10)12-8-18-9-12/h2,4,10,12H,3,5-9H2,1H3,(H,15,16)/t10-,13?/m0/s1. The van der Waals surface area contributed by atoms with Crippen LogP contribution in [0.2, 0.25) is 0 Å². The first kappa shape index (κ1) is 12.1. The zero-order chi connectivity index (χ0) is 12.6. The van der Waals surface area contributed by atoms with Gasteiger partial charge < -0.3 is 4.74 Å². The molecule has 4 nitrogen and oxygen atoms in total. The maximum Gasteiger partial charge on any atom is 0.119 e. The quantitative estimate of drug-likeness (QED) is 0.888. The van der Waals surface area contributed by atoms with E-state index >= 15 is 0 Å². The number of hydrogen-bond acceptors (Lipinski definition) is 3. The molecular weight excluding hydrogens is 233 g/mol. The van der Waals surface area contributed by atoms with Crippen LogP contribution in [0.5, 0.6) is 0 Å². The number of H-pyrrole nitrogens is 1. The summed E-state index contributed by atoms with van der Waals surface area (Å²) in [6, 6.07) is 2.66. The number of nitrogens with one attached hydrogen (secondary N) is 1. The van der Waals surface area contributed by atoms with Crippen LogP contribution in [0.25, 0.3) is 0 Å². The molecule has 2 fully saturated rings. The van der Waals surface area contributed by atoms with Crippen LogP contribution in [0.4, 0.5) is 4.39 Å². The summed E-state index contributed by atoms with van der Waals surface area (Å²) in [4.78, 5) is 2.40. The minimum absolute atomic E-state index is 0.292. The first-order valence-electron chi connectivity index (χ1n) is 6.67. The van der Waals surface area contributed by atoms with Crippen LogP contribution in [-0.4, -0.2) is 52.6 Å². The van der Waals surface area contributed by atoms with Gasteiger partial charge >= 0.3 is 0 Å². The zero-order valence-electron chi connectivity index (χ0n) is 10.7. The Bertz CT molecular complexity index is 393. The van der Waals surface area contributed by atoms with Crippen molar-refractivity contribution in [2.75, 3.05) is 19.8 Å². The predicted octanol–water partition coefficient (Wildman–Crippen LogP) is 1.54. The molecule has 1 aromatic rings. The van der Waals surface area contributed by atoms with E-state index in [1.807, 2.05) is 6.07 Å². The van der Waals surface area contributed by atoms with E-state index < -0.39 is 5.67 Å². The van der Waals surface area contributed by atoms with Crippen molar-refractivity contribution in [1.82, 2.24) is 15.1 Å². The minimum Gasteiger partial charge on any atom is -0.378 e. The first-order valence-corrected chi connectivity index (χ1v) is 6.67. The van der Waals surface area contributed by atoms with Crippen molar-refractivity contribution in [2.45, 2.75) is 43.9 Å². The van der Waals surface area contributed by atoms with Crippen molar-refractivity contribution in [3.63, 3.8) is 0 Å². The molecule has 0 amide bonds. The van der Waals surface area contributed by atoms with E-state index in [0.29, 0.717) is 31.3 Å². The molecule has 100 valence electrons. The second-order valence-electron chi connectivity index (χ2n) is 5.64. The predicted molar refractivity (Wildman–Crippen MR) is 66.1 cm³/mol. The lowest BCUT2D eigenvalue weighted by Crippen LogP contribution is -2.58. The molecule has 0 radical (unpaired) electrons. The summed E-state index contributed by atoms with van der Waals surface area (Å²) in [5.41, 5.74) is -0.197. The van der Waals surface area contributed by atoms with Crippen LogP contribution in [-0.2, 0) is 11.2 Å². The van der Waals surface area contributed by atoms with Gasteiger partial charge in [-0.3, -0.25) is 10.00 Å². The van der Waals surface area contributed by atoms with Crippen molar-refractivity contribution in [3.05, 3.63) is 18.0 Å². The average molecular weight is 253 g/mol. The molecule has 3 rings (SSSR count). The van der Waals surface area contributed by atoms with Crippen molar-refractivity contribution < 1.29 is 9.13 Å². The van der Waals surface area contributed by atoms with Gasteiger partial charge in [-0.05, 0) is 25.8 Å². The highest BCUT2D eigenvalue weighted by atomic mass is 19.1. The average Bonchev–Trinajstić information content (AvgIpc) is 2.72. The van der Waals surface area contributed by atoms with Crippen molar-refractivity contribution in [1.29, 1.82) is 0 Å².